The van der Waals surface area contributed by atoms with Gasteiger partial charge in [-0.3, -0.25) is 9.69 Å². The second-order valence-corrected chi connectivity index (χ2v) is 9.65. The zero-order valence-electron chi connectivity index (χ0n) is 15.9. The highest BCUT2D eigenvalue weighted by Gasteiger charge is 2.36. The molecule has 1 aromatic carbocycles. The number of piperazine rings is 1. The van der Waals surface area contributed by atoms with Gasteiger partial charge in [0.05, 0.1) is 16.6 Å². The van der Waals surface area contributed by atoms with E-state index in [2.05, 4.69) is 0 Å². The van der Waals surface area contributed by atoms with E-state index in [-0.39, 0.29) is 47.7 Å². The minimum Gasteiger partial charge on any atom is -0.330 e. The minimum absolute atomic E-state index is 0.0634. The number of carbonyl (C=O) groups excluding carboxylic acids is 1. The van der Waals surface area contributed by atoms with Crippen molar-refractivity contribution in [1.82, 2.24) is 14.1 Å². The molecule has 0 aromatic heterocycles. The van der Waals surface area contributed by atoms with E-state index in [1.807, 2.05) is 0 Å². The highest BCUT2D eigenvalue weighted by molar-refractivity contribution is 7.89. The van der Waals surface area contributed by atoms with Crippen molar-refractivity contribution in [2.45, 2.75) is 31.0 Å². The average Bonchev–Trinajstić information content (AvgIpc) is 2.61. The van der Waals surface area contributed by atoms with Gasteiger partial charge in [0.15, 0.2) is 0 Å². The molecule has 0 atom stereocenters. The van der Waals surface area contributed by atoms with Crippen LogP contribution in [0.25, 0.3) is 0 Å². The monoisotopic (exact) mass is 475 g/mol. The lowest BCUT2D eigenvalue weighted by Gasteiger charge is -2.35. The van der Waals surface area contributed by atoms with Gasteiger partial charge in [-0.25, -0.2) is 8.42 Å². The Bertz CT molecular complexity index is 842. The molecule has 1 amide bonds. The molecule has 1 aliphatic rings. The van der Waals surface area contributed by atoms with Crippen molar-refractivity contribution < 1.29 is 26.4 Å². The average molecular weight is 476 g/mol. The molecule has 6 nitrogen and oxygen atoms in total. The van der Waals surface area contributed by atoms with Gasteiger partial charge < -0.3 is 4.90 Å². The van der Waals surface area contributed by atoms with E-state index in [1.165, 1.54) is 36.4 Å². The third kappa shape index (κ3) is 6.21. The molecular weight excluding hydrogens is 454 g/mol. The fourth-order valence-electron chi connectivity index (χ4n) is 2.98. The fraction of sp³-hybridized carbons (Fsp3) is 0.588. The van der Waals surface area contributed by atoms with Crippen LogP contribution < -0.4 is 0 Å². The van der Waals surface area contributed by atoms with Gasteiger partial charge >= 0.3 is 6.18 Å². The molecule has 1 heterocycles. The van der Waals surface area contributed by atoms with Crippen LogP contribution in [0.4, 0.5) is 13.2 Å². The van der Waals surface area contributed by atoms with Crippen LogP contribution in [0.15, 0.2) is 23.1 Å². The smallest absolute Gasteiger partial charge is 0.330 e. The summed E-state index contributed by atoms with van der Waals surface area (Å²) in [6.45, 7) is 2.10. The summed E-state index contributed by atoms with van der Waals surface area (Å²) in [5.74, 6) is -0.647. The summed E-state index contributed by atoms with van der Waals surface area (Å²) in [5.41, 5.74) is 0. The Morgan fingerprint density at radius 3 is 2.28 bits per heavy atom. The summed E-state index contributed by atoms with van der Waals surface area (Å²) in [7, 11) is -3.87. The van der Waals surface area contributed by atoms with Gasteiger partial charge in [0.1, 0.15) is 11.4 Å². The molecule has 0 radical (unpaired) electrons. The first-order valence-electron chi connectivity index (χ1n) is 8.85. The van der Waals surface area contributed by atoms with Crippen molar-refractivity contribution in [2.75, 3.05) is 39.3 Å². The van der Waals surface area contributed by atoms with E-state index in [1.54, 1.807) is 4.90 Å². The van der Waals surface area contributed by atoms with Crippen molar-refractivity contribution in [3.8, 4) is 0 Å². The molecule has 1 fully saturated rings. The second kappa shape index (κ2) is 9.38. The molecule has 29 heavy (non-hydrogen) atoms. The van der Waals surface area contributed by atoms with Crippen molar-refractivity contribution in [3.63, 3.8) is 0 Å². The normalized spacial score (nSPS) is 17.0. The molecule has 0 aliphatic carbocycles. The third-order valence-corrected chi connectivity index (χ3v) is 7.39. The number of sulfonamides is 1. The summed E-state index contributed by atoms with van der Waals surface area (Å²) in [4.78, 5) is 14.6. The first-order chi connectivity index (χ1) is 13.3. The van der Waals surface area contributed by atoms with Crippen LogP contribution in [0.5, 0.6) is 0 Å². The quantitative estimate of drug-likeness (QED) is 0.634. The standard InChI is InChI=1S/C17H22Cl2F3N3O3S/c1-12(2)25(11-17(20,21)22)15(26)10-23-6-8-24(9-7-23)29(27,28)14-5-3-4-13(18)16(14)19/h3-5,12H,6-11H2,1-2H3. The van der Waals surface area contributed by atoms with Gasteiger partial charge in [0.2, 0.25) is 15.9 Å². The van der Waals surface area contributed by atoms with Crippen LogP contribution in [0.1, 0.15) is 13.8 Å². The molecule has 0 unspecified atom stereocenters. The topological polar surface area (TPSA) is 60.9 Å². The van der Waals surface area contributed by atoms with Crippen LogP contribution >= 0.6 is 23.2 Å². The predicted molar refractivity (Wildman–Crippen MR) is 105 cm³/mol. The number of nitrogens with zero attached hydrogens (tertiary/aromatic N) is 3. The molecule has 0 saturated carbocycles. The lowest BCUT2D eigenvalue weighted by Crippen LogP contribution is -2.53. The van der Waals surface area contributed by atoms with E-state index < -0.39 is 34.7 Å². The van der Waals surface area contributed by atoms with E-state index in [9.17, 15) is 26.4 Å². The number of carbonyl (C=O) groups is 1. The number of benzene rings is 1. The Labute approximate surface area is 178 Å². The summed E-state index contributed by atoms with van der Waals surface area (Å²) in [6.07, 6.45) is -4.48. The van der Waals surface area contributed by atoms with Crippen molar-refractivity contribution in [1.29, 1.82) is 0 Å². The lowest BCUT2D eigenvalue weighted by molar-refractivity contribution is -0.165. The maximum Gasteiger partial charge on any atom is 0.406 e. The first kappa shape index (κ1) is 24.2. The van der Waals surface area contributed by atoms with Crippen LogP contribution in [0, 0.1) is 0 Å². The Kier molecular flexibility index (Phi) is 7.83. The maximum atomic E-state index is 12.8. The Morgan fingerprint density at radius 1 is 1.17 bits per heavy atom. The number of halogens is 5. The SMILES string of the molecule is CC(C)N(CC(F)(F)F)C(=O)CN1CCN(S(=O)(=O)c2cccc(Cl)c2Cl)CC1. The molecule has 164 valence electrons. The molecule has 1 saturated heterocycles. The summed E-state index contributed by atoms with van der Waals surface area (Å²) in [6, 6.07) is 3.72. The Morgan fingerprint density at radius 2 is 1.76 bits per heavy atom. The van der Waals surface area contributed by atoms with Gasteiger partial charge in [-0.05, 0) is 26.0 Å². The largest absolute Gasteiger partial charge is 0.406 e. The molecule has 0 bridgehead atoms. The Balaban J connectivity index is 2.01. The number of hydrogen-bond donors (Lipinski definition) is 0. The summed E-state index contributed by atoms with van der Waals surface area (Å²) < 4.78 is 65.0. The molecule has 1 aliphatic heterocycles. The van der Waals surface area contributed by atoms with Gasteiger partial charge in [0, 0.05) is 32.2 Å². The molecule has 12 heteroatoms. The highest BCUT2D eigenvalue weighted by Crippen LogP contribution is 2.31. The van der Waals surface area contributed by atoms with Crippen LogP contribution in [0.3, 0.4) is 0 Å². The van der Waals surface area contributed by atoms with Crippen LogP contribution in [0.2, 0.25) is 10.0 Å². The van der Waals surface area contributed by atoms with Crippen LogP contribution in [-0.4, -0.2) is 79.9 Å². The number of hydrogen-bond acceptors (Lipinski definition) is 4. The van der Waals surface area contributed by atoms with Crippen molar-refractivity contribution in [2.24, 2.45) is 0 Å². The minimum atomic E-state index is -4.48. The Hall–Kier alpha value is -1.07. The molecule has 1 aromatic rings. The predicted octanol–water partition coefficient (Wildman–Crippen LogP) is 3.10. The van der Waals surface area contributed by atoms with Gasteiger partial charge in [-0.15, -0.1) is 0 Å². The van der Waals surface area contributed by atoms with Crippen molar-refractivity contribution >= 4 is 39.1 Å². The maximum absolute atomic E-state index is 12.8. The number of rotatable bonds is 6. The second-order valence-electron chi connectivity index (χ2n) is 6.96. The van der Waals surface area contributed by atoms with Gasteiger partial charge in [0.25, 0.3) is 0 Å². The van der Waals surface area contributed by atoms with Gasteiger partial charge in [-0.2, -0.15) is 17.5 Å². The highest BCUT2D eigenvalue weighted by atomic mass is 35.5. The molecule has 0 spiro atoms. The van der Waals surface area contributed by atoms with Gasteiger partial charge in [-0.1, -0.05) is 29.3 Å². The summed E-state index contributed by atoms with van der Waals surface area (Å²) in [5, 5.41) is 0.0573. The fourth-order valence-corrected chi connectivity index (χ4v) is 5.14. The zero-order valence-corrected chi connectivity index (χ0v) is 18.2. The summed E-state index contributed by atoms with van der Waals surface area (Å²) >= 11 is 11.9. The van der Waals surface area contributed by atoms with E-state index in [0.717, 1.165) is 4.90 Å². The van der Waals surface area contributed by atoms with E-state index in [0.29, 0.717) is 0 Å². The number of alkyl halides is 3. The van der Waals surface area contributed by atoms with Crippen LogP contribution in [-0.2, 0) is 14.8 Å². The molecular formula is C17H22Cl2F3N3O3S. The third-order valence-electron chi connectivity index (χ3n) is 4.52. The first-order valence-corrected chi connectivity index (χ1v) is 11.1. The van der Waals surface area contributed by atoms with Crippen molar-refractivity contribution in [3.05, 3.63) is 28.2 Å². The molecule has 0 N–H and O–H groups in total. The zero-order chi connectivity index (χ0) is 22.0. The van der Waals surface area contributed by atoms with E-state index >= 15 is 0 Å². The number of amides is 1. The lowest BCUT2D eigenvalue weighted by atomic mass is 10.2. The van der Waals surface area contributed by atoms with E-state index in [4.69, 9.17) is 23.2 Å². The molecule has 2 rings (SSSR count).